The monoisotopic (exact) mass is 245 g/mol. The Labute approximate surface area is 108 Å². The molecule has 96 valence electrons. The third kappa shape index (κ3) is 3.09. The number of aliphatic imine (C=N–C) groups is 1. The van der Waals surface area contributed by atoms with Crippen LogP contribution in [0.2, 0.25) is 0 Å². The van der Waals surface area contributed by atoms with Crippen molar-refractivity contribution in [3.63, 3.8) is 0 Å². The second-order valence-electron chi connectivity index (χ2n) is 4.74. The van der Waals surface area contributed by atoms with Crippen molar-refractivity contribution >= 4 is 17.4 Å². The zero-order valence-electron chi connectivity index (χ0n) is 10.9. The van der Waals surface area contributed by atoms with Gasteiger partial charge in [0.1, 0.15) is 5.84 Å². The summed E-state index contributed by atoms with van der Waals surface area (Å²) in [6.45, 7) is 5.59. The number of carbonyl (C=O) groups is 1. The fourth-order valence-electron chi connectivity index (χ4n) is 1.76. The van der Waals surface area contributed by atoms with E-state index in [0.717, 1.165) is 36.6 Å². The maximum Gasteiger partial charge on any atom is 0.226 e. The van der Waals surface area contributed by atoms with Gasteiger partial charge in [-0.2, -0.15) is 0 Å². The number of carbonyl (C=O) groups excluding carboxylic acids is 1. The lowest BCUT2D eigenvalue weighted by atomic mass is 10.1. The molecule has 4 nitrogen and oxygen atoms in total. The van der Waals surface area contributed by atoms with E-state index in [4.69, 9.17) is 0 Å². The molecule has 1 aromatic rings. The molecular weight excluding hydrogens is 226 g/mol. The molecule has 0 aromatic heterocycles. The highest BCUT2D eigenvalue weighted by Crippen LogP contribution is 2.13. The maximum atomic E-state index is 11.6. The van der Waals surface area contributed by atoms with Crippen LogP contribution in [0.4, 0.5) is 5.69 Å². The van der Waals surface area contributed by atoms with Crippen molar-refractivity contribution < 1.29 is 4.79 Å². The van der Waals surface area contributed by atoms with Crippen LogP contribution in [0, 0.1) is 5.92 Å². The van der Waals surface area contributed by atoms with Gasteiger partial charge in [0.25, 0.3) is 0 Å². The number of amidine groups is 1. The highest BCUT2D eigenvalue weighted by atomic mass is 16.1. The second kappa shape index (κ2) is 5.67. The van der Waals surface area contributed by atoms with Crippen molar-refractivity contribution in [2.75, 3.05) is 18.4 Å². The lowest BCUT2D eigenvalue weighted by Gasteiger charge is -2.15. The van der Waals surface area contributed by atoms with Gasteiger partial charge in [-0.25, -0.2) is 0 Å². The number of nitrogens with zero attached hydrogens (tertiary/aromatic N) is 1. The van der Waals surface area contributed by atoms with Crippen LogP contribution in [-0.4, -0.2) is 24.8 Å². The molecule has 1 aliphatic rings. The van der Waals surface area contributed by atoms with E-state index in [0.29, 0.717) is 0 Å². The Morgan fingerprint density at radius 1 is 1.44 bits per heavy atom. The Hall–Kier alpha value is -1.84. The molecule has 2 rings (SSSR count). The lowest BCUT2D eigenvalue weighted by molar-refractivity contribution is -0.118. The summed E-state index contributed by atoms with van der Waals surface area (Å²) in [5.41, 5.74) is 1.84. The van der Waals surface area contributed by atoms with Gasteiger partial charge in [0, 0.05) is 30.3 Å². The minimum atomic E-state index is -0.0150. The summed E-state index contributed by atoms with van der Waals surface area (Å²) in [6.07, 6.45) is 1.08. The van der Waals surface area contributed by atoms with Crippen LogP contribution < -0.4 is 10.6 Å². The smallest absolute Gasteiger partial charge is 0.226 e. The van der Waals surface area contributed by atoms with E-state index in [1.54, 1.807) is 0 Å². The zero-order valence-corrected chi connectivity index (χ0v) is 10.9. The summed E-state index contributed by atoms with van der Waals surface area (Å²) < 4.78 is 0. The number of amides is 1. The van der Waals surface area contributed by atoms with E-state index in [1.807, 2.05) is 38.1 Å². The van der Waals surface area contributed by atoms with Gasteiger partial charge in [-0.05, 0) is 18.6 Å². The minimum Gasteiger partial charge on any atom is -0.370 e. The van der Waals surface area contributed by atoms with Crippen molar-refractivity contribution in [3.8, 4) is 0 Å². The van der Waals surface area contributed by atoms with Crippen LogP contribution in [0.15, 0.2) is 29.3 Å². The number of hydrogen-bond donors (Lipinski definition) is 2. The third-order valence-electron chi connectivity index (χ3n) is 2.83. The molecule has 1 aliphatic heterocycles. The van der Waals surface area contributed by atoms with Gasteiger partial charge in [-0.15, -0.1) is 0 Å². The molecule has 18 heavy (non-hydrogen) atoms. The van der Waals surface area contributed by atoms with Gasteiger partial charge in [-0.3, -0.25) is 9.79 Å². The summed E-state index contributed by atoms with van der Waals surface area (Å²) in [4.78, 5) is 16.1. The molecule has 1 amide bonds. The van der Waals surface area contributed by atoms with Crippen LogP contribution in [-0.2, 0) is 4.79 Å². The van der Waals surface area contributed by atoms with E-state index in [1.165, 1.54) is 0 Å². The topological polar surface area (TPSA) is 53.5 Å². The first-order valence-electron chi connectivity index (χ1n) is 6.36. The normalized spacial score (nSPS) is 14.9. The highest BCUT2D eigenvalue weighted by Gasteiger charge is 2.10. The van der Waals surface area contributed by atoms with Crippen molar-refractivity contribution in [1.82, 2.24) is 5.32 Å². The molecule has 0 unspecified atom stereocenters. The molecule has 2 N–H and O–H groups in total. The van der Waals surface area contributed by atoms with Crippen LogP contribution in [0.1, 0.15) is 25.8 Å². The summed E-state index contributed by atoms with van der Waals surface area (Å²) in [5, 5.41) is 6.18. The molecule has 0 atom stereocenters. The summed E-state index contributed by atoms with van der Waals surface area (Å²) in [6, 6.07) is 7.79. The molecule has 0 radical (unpaired) electrons. The van der Waals surface area contributed by atoms with E-state index < -0.39 is 0 Å². The average molecular weight is 245 g/mol. The van der Waals surface area contributed by atoms with Gasteiger partial charge in [0.05, 0.1) is 0 Å². The van der Waals surface area contributed by atoms with Crippen LogP contribution in [0.3, 0.4) is 0 Å². The largest absolute Gasteiger partial charge is 0.370 e. The van der Waals surface area contributed by atoms with Gasteiger partial charge in [0.15, 0.2) is 0 Å². The first-order chi connectivity index (χ1) is 8.66. The lowest BCUT2D eigenvalue weighted by Crippen LogP contribution is -2.30. The van der Waals surface area contributed by atoms with E-state index in [-0.39, 0.29) is 11.8 Å². The Bertz CT molecular complexity index is 466. The predicted octanol–water partition coefficient (Wildman–Crippen LogP) is 2.02. The predicted molar refractivity (Wildman–Crippen MR) is 73.9 cm³/mol. The average Bonchev–Trinajstić information content (AvgIpc) is 2.40. The molecule has 1 aromatic carbocycles. The highest BCUT2D eigenvalue weighted by molar-refractivity contribution is 6.01. The third-order valence-corrected chi connectivity index (χ3v) is 2.83. The van der Waals surface area contributed by atoms with Crippen molar-refractivity contribution in [3.05, 3.63) is 29.8 Å². The first kappa shape index (κ1) is 12.6. The Morgan fingerprint density at radius 3 is 2.94 bits per heavy atom. The van der Waals surface area contributed by atoms with Crippen molar-refractivity contribution in [2.45, 2.75) is 20.3 Å². The molecule has 1 heterocycles. The molecule has 0 bridgehead atoms. The molecule has 0 saturated carbocycles. The van der Waals surface area contributed by atoms with Gasteiger partial charge in [0.2, 0.25) is 5.91 Å². The van der Waals surface area contributed by atoms with Crippen LogP contribution in [0.25, 0.3) is 0 Å². The Kier molecular flexibility index (Phi) is 3.97. The summed E-state index contributed by atoms with van der Waals surface area (Å²) in [5.74, 6) is 0.936. The standard InChI is InChI=1S/C14H19N3O/c1-10(2)14(18)17-12-6-3-5-11(9-12)13-15-7-4-8-16-13/h3,5-6,9-10H,4,7-8H2,1-2H3,(H,15,16)(H,17,18). The molecule has 0 spiro atoms. The maximum absolute atomic E-state index is 11.6. The van der Waals surface area contributed by atoms with E-state index in [2.05, 4.69) is 15.6 Å². The van der Waals surface area contributed by atoms with Crippen molar-refractivity contribution in [2.24, 2.45) is 10.9 Å². The number of rotatable bonds is 3. The molecule has 0 fully saturated rings. The number of hydrogen-bond acceptors (Lipinski definition) is 3. The van der Waals surface area contributed by atoms with Gasteiger partial charge >= 0.3 is 0 Å². The first-order valence-corrected chi connectivity index (χ1v) is 6.36. The Balaban J connectivity index is 2.14. The van der Waals surface area contributed by atoms with Gasteiger partial charge in [-0.1, -0.05) is 26.0 Å². The van der Waals surface area contributed by atoms with E-state index in [9.17, 15) is 4.79 Å². The van der Waals surface area contributed by atoms with Gasteiger partial charge < -0.3 is 10.6 Å². The molecule has 0 saturated heterocycles. The quantitative estimate of drug-likeness (QED) is 0.856. The number of anilines is 1. The fraction of sp³-hybridized carbons (Fsp3) is 0.429. The molecule has 0 aliphatic carbocycles. The second-order valence-corrected chi connectivity index (χ2v) is 4.74. The molecular formula is C14H19N3O. The number of benzene rings is 1. The Morgan fingerprint density at radius 2 is 2.28 bits per heavy atom. The summed E-state index contributed by atoms with van der Waals surface area (Å²) in [7, 11) is 0. The van der Waals surface area contributed by atoms with E-state index >= 15 is 0 Å². The van der Waals surface area contributed by atoms with Crippen molar-refractivity contribution in [1.29, 1.82) is 0 Å². The van der Waals surface area contributed by atoms with Crippen LogP contribution in [0.5, 0.6) is 0 Å². The zero-order chi connectivity index (χ0) is 13.0. The summed E-state index contributed by atoms with van der Waals surface area (Å²) >= 11 is 0. The van der Waals surface area contributed by atoms with Crippen LogP contribution >= 0.6 is 0 Å². The number of nitrogens with one attached hydrogen (secondary N) is 2. The fourth-order valence-corrected chi connectivity index (χ4v) is 1.76. The SMILES string of the molecule is CC(C)C(=O)Nc1cccc(C2=NCCCN2)c1. The molecule has 4 heteroatoms. The minimum absolute atomic E-state index is 0.0150.